The Bertz CT molecular complexity index is 547. The minimum atomic E-state index is -0.310. The summed E-state index contributed by atoms with van der Waals surface area (Å²) in [6, 6.07) is 1.51. The number of ether oxygens (including phenoxy) is 2. The fourth-order valence-corrected chi connectivity index (χ4v) is 2.13. The van der Waals surface area contributed by atoms with Gasteiger partial charge in [0.15, 0.2) is 0 Å². The molecule has 1 fully saturated rings. The Morgan fingerprint density at radius 3 is 2.86 bits per heavy atom. The van der Waals surface area contributed by atoms with Gasteiger partial charge in [0.25, 0.3) is 5.91 Å². The summed E-state index contributed by atoms with van der Waals surface area (Å²) >= 11 is 6.09. The van der Waals surface area contributed by atoms with Crippen LogP contribution in [0.4, 0.5) is 0 Å². The number of hydrogen-bond acceptors (Lipinski definition) is 5. The summed E-state index contributed by atoms with van der Waals surface area (Å²) in [5, 5.41) is 5.53. The molecule has 1 aromatic heterocycles. The zero-order valence-electron chi connectivity index (χ0n) is 12.2. The molecule has 0 spiro atoms. The molecule has 8 heteroatoms. The van der Waals surface area contributed by atoms with Crippen LogP contribution in [-0.2, 0) is 9.53 Å². The molecule has 1 aliphatic rings. The van der Waals surface area contributed by atoms with Crippen molar-refractivity contribution >= 4 is 23.4 Å². The molecule has 7 nitrogen and oxygen atoms in total. The predicted octanol–water partition coefficient (Wildman–Crippen LogP) is 0.769. The second-order valence-electron chi connectivity index (χ2n) is 4.85. The van der Waals surface area contributed by atoms with Crippen molar-refractivity contribution < 1.29 is 19.1 Å². The van der Waals surface area contributed by atoms with Crippen molar-refractivity contribution in [3.63, 3.8) is 0 Å². The molecule has 120 valence electrons. The van der Waals surface area contributed by atoms with E-state index in [1.807, 2.05) is 0 Å². The number of nitrogens with one attached hydrogen (secondary N) is 2. The van der Waals surface area contributed by atoms with Gasteiger partial charge in [-0.15, -0.1) is 0 Å². The summed E-state index contributed by atoms with van der Waals surface area (Å²) in [4.78, 5) is 26.7. The van der Waals surface area contributed by atoms with E-state index >= 15 is 0 Å². The monoisotopic (exact) mass is 327 g/mol. The van der Waals surface area contributed by atoms with Crippen molar-refractivity contribution in [2.24, 2.45) is 0 Å². The van der Waals surface area contributed by atoms with Crippen molar-refractivity contribution in [3.8, 4) is 5.88 Å². The van der Waals surface area contributed by atoms with Gasteiger partial charge < -0.3 is 20.1 Å². The molecular formula is C14H18ClN3O4. The maximum Gasteiger partial charge on any atom is 0.252 e. The number of carbonyl (C=O) groups is 2. The number of hydrogen-bond donors (Lipinski definition) is 2. The lowest BCUT2D eigenvalue weighted by Gasteiger charge is -2.12. The van der Waals surface area contributed by atoms with Crippen LogP contribution in [0.15, 0.2) is 12.3 Å². The summed E-state index contributed by atoms with van der Waals surface area (Å²) in [6.45, 7) is 3.29. The Morgan fingerprint density at radius 2 is 2.23 bits per heavy atom. The van der Waals surface area contributed by atoms with Crippen molar-refractivity contribution in [3.05, 3.63) is 22.8 Å². The average Bonchev–Trinajstić information content (AvgIpc) is 2.98. The minimum absolute atomic E-state index is 0.0534. The lowest BCUT2D eigenvalue weighted by atomic mass is 10.2. The molecule has 2 heterocycles. The van der Waals surface area contributed by atoms with E-state index in [0.717, 1.165) is 6.42 Å². The summed E-state index contributed by atoms with van der Waals surface area (Å²) in [6.07, 6.45) is 2.15. The molecule has 2 amide bonds. The molecule has 0 radical (unpaired) electrons. The zero-order valence-corrected chi connectivity index (χ0v) is 13.0. The largest absolute Gasteiger partial charge is 0.471 e. The Balaban J connectivity index is 1.87. The first-order valence-electron chi connectivity index (χ1n) is 6.99. The van der Waals surface area contributed by atoms with E-state index in [0.29, 0.717) is 37.7 Å². The van der Waals surface area contributed by atoms with Crippen LogP contribution in [-0.4, -0.2) is 49.2 Å². The van der Waals surface area contributed by atoms with Crippen LogP contribution in [0.5, 0.6) is 5.88 Å². The van der Waals surface area contributed by atoms with Crippen molar-refractivity contribution in [1.29, 1.82) is 0 Å². The number of rotatable bonds is 6. The second-order valence-corrected chi connectivity index (χ2v) is 5.26. The van der Waals surface area contributed by atoms with Crippen molar-refractivity contribution in [1.82, 2.24) is 15.6 Å². The zero-order chi connectivity index (χ0) is 15.9. The Labute approximate surface area is 133 Å². The smallest absolute Gasteiger partial charge is 0.252 e. The van der Waals surface area contributed by atoms with Gasteiger partial charge in [-0.3, -0.25) is 9.59 Å². The highest BCUT2D eigenvalue weighted by Crippen LogP contribution is 2.25. The van der Waals surface area contributed by atoms with E-state index in [2.05, 4.69) is 15.6 Å². The van der Waals surface area contributed by atoms with E-state index in [1.165, 1.54) is 19.2 Å². The SMILES string of the molecule is CC(=O)NCCNC(=O)c1cnc(OC2CCOC2)c(Cl)c1. The molecule has 1 atom stereocenters. The van der Waals surface area contributed by atoms with E-state index in [4.69, 9.17) is 21.1 Å². The standard InChI is InChI=1S/C14H18ClN3O4/c1-9(19)16-3-4-17-13(20)10-6-12(15)14(18-7-10)22-11-2-5-21-8-11/h6-7,11H,2-5,8H2,1H3,(H,16,19)(H,17,20). The Hall–Kier alpha value is -1.86. The highest BCUT2D eigenvalue weighted by atomic mass is 35.5. The quantitative estimate of drug-likeness (QED) is 0.753. The predicted molar refractivity (Wildman–Crippen MR) is 80.1 cm³/mol. The first-order valence-corrected chi connectivity index (χ1v) is 7.36. The van der Waals surface area contributed by atoms with Gasteiger partial charge in [0.2, 0.25) is 11.8 Å². The average molecular weight is 328 g/mol. The second kappa shape index (κ2) is 7.95. The van der Waals surface area contributed by atoms with Crippen molar-refractivity contribution in [2.75, 3.05) is 26.3 Å². The molecule has 2 N–H and O–H groups in total. The topological polar surface area (TPSA) is 89.6 Å². The molecule has 1 saturated heterocycles. The van der Waals surface area contributed by atoms with Gasteiger partial charge in [-0.25, -0.2) is 4.98 Å². The summed E-state index contributed by atoms with van der Waals surface area (Å²) < 4.78 is 10.8. The minimum Gasteiger partial charge on any atom is -0.471 e. The van der Waals surface area contributed by atoms with E-state index in [-0.39, 0.29) is 22.9 Å². The Morgan fingerprint density at radius 1 is 1.45 bits per heavy atom. The van der Waals surface area contributed by atoms with Crippen LogP contribution < -0.4 is 15.4 Å². The van der Waals surface area contributed by atoms with E-state index in [9.17, 15) is 9.59 Å². The first-order chi connectivity index (χ1) is 10.6. The third kappa shape index (κ3) is 4.85. The molecule has 0 bridgehead atoms. The highest BCUT2D eigenvalue weighted by molar-refractivity contribution is 6.32. The third-order valence-corrected chi connectivity index (χ3v) is 3.29. The molecule has 2 rings (SSSR count). The fourth-order valence-electron chi connectivity index (χ4n) is 1.92. The lowest BCUT2D eigenvalue weighted by molar-refractivity contribution is -0.118. The van der Waals surface area contributed by atoms with Gasteiger partial charge in [0, 0.05) is 32.6 Å². The summed E-state index contributed by atoms with van der Waals surface area (Å²) in [7, 11) is 0. The lowest BCUT2D eigenvalue weighted by Crippen LogP contribution is -2.33. The number of carbonyl (C=O) groups excluding carboxylic acids is 2. The number of nitrogens with zero attached hydrogens (tertiary/aromatic N) is 1. The highest BCUT2D eigenvalue weighted by Gasteiger charge is 2.19. The maximum absolute atomic E-state index is 11.9. The van der Waals surface area contributed by atoms with Crippen LogP contribution >= 0.6 is 11.6 Å². The summed E-state index contributed by atoms with van der Waals surface area (Å²) in [5.41, 5.74) is 0.336. The number of pyridine rings is 1. The van der Waals surface area contributed by atoms with Crippen LogP contribution in [0.25, 0.3) is 0 Å². The van der Waals surface area contributed by atoms with Crippen LogP contribution in [0, 0.1) is 0 Å². The molecule has 1 aromatic rings. The van der Waals surface area contributed by atoms with Crippen LogP contribution in [0.3, 0.4) is 0 Å². The number of halogens is 1. The van der Waals surface area contributed by atoms with Crippen molar-refractivity contribution in [2.45, 2.75) is 19.4 Å². The molecule has 1 unspecified atom stereocenters. The van der Waals surface area contributed by atoms with Gasteiger partial charge in [-0.1, -0.05) is 11.6 Å². The fraction of sp³-hybridized carbons (Fsp3) is 0.500. The van der Waals surface area contributed by atoms with Crippen LogP contribution in [0.1, 0.15) is 23.7 Å². The van der Waals surface area contributed by atoms with Gasteiger partial charge in [-0.2, -0.15) is 0 Å². The van der Waals surface area contributed by atoms with Gasteiger partial charge in [0.05, 0.1) is 18.8 Å². The molecule has 0 saturated carbocycles. The third-order valence-electron chi connectivity index (χ3n) is 3.02. The molecule has 0 aliphatic carbocycles. The molecule has 0 aromatic carbocycles. The summed E-state index contributed by atoms with van der Waals surface area (Å²) in [5.74, 6) is -0.154. The first kappa shape index (κ1) is 16.5. The molecule has 1 aliphatic heterocycles. The van der Waals surface area contributed by atoms with E-state index in [1.54, 1.807) is 0 Å². The Kier molecular flexibility index (Phi) is 5.97. The number of amides is 2. The maximum atomic E-state index is 11.9. The van der Waals surface area contributed by atoms with Gasteiger partial charge >= 0.3 is 0 Å². The van der Waals surface area contributed by atoms with E-state index < -0.39 is 0 Å². The molecular weight excluding hydrogens is 310 g/mol. The normalized spacial score (nSPS) is 17.1. The molecule has 22 heavy (non-hydrogen) atoms. The van der Waals surface area contributed by atoms with Gasteiger partial charge in [0.1, 0.15) is 11.1 Å². The number of aromatic nitrogens is 1. The van der Waals surface area contributed by atoms with Gasteiger partial charge in [-0.05, 0) is 6.07 Å². The van der Waals surface area contributed by atoms with Crippen LogP contribution in [0.2, 0.25) is 5.02 Å².